The van der Waals surface area contributed by atoms with E-state index in [4.69, 9.17) is 4.74 Å². The summed E-state index contributed by atoms with van der Waals surface area (Å²) >= 11 is 1.60. The van der Waals surface area contributed by atoms with Crippen molar-refractivity contribution in [1.29, 1.82) is 0 Å². The lowest BCUT2D eigenvalue weighted by Gasteiger charge is -2.16. The molecular formula is C20H21N3OS. The van der Waals surface area contributed by atoms with Crippen molar-refractivity contribution in [2.24, 2.45) is 0 Å². The van der Waals surface area contributed by atoms with Crippen molar-refractivity contribution in [2.45, 2.75) is 32.4 Å². The number of benzene rings is 2. The highest BCUT2D eigenvalue weighted by Gasteiger charge is 2.30. The van der Waals surface area contributed by atoms with Crippen LogP contribution in [0.15, 0.2) is 53.9 Å². The molecule has 3 aromatic rings. The Morgan fingerprint density at radius 1 is 1.16 bits per heavy atom. The van der Waals surface area contributed by atoms with Gasteiger partial charge in [-0.15, -0.1) is 11.3 Å². The first-order valence-corrected chi connectivity index (χ1v) is 9.28. The van der Waals surface area contributed by atoms with Gasteiger partial charge in [0, 0.05) is 23.9 Å². The molecule has 0 saturated carbocycles. The maximum atomic E-state index is 5.95. The van der Waals surface area contributed by atoms with Crippen LogP contribution in [0.3, 0.4) is 0 Å². The summed E-state index contributed by atoms with van der Waals surface area (Å²) < 4.78 is 5.95. The van der Waals surface area contributed by atoms with E-state index in [1.165, 1.54) is 11.1 Å². The van der Waals surface area contributed by atoms with Crippen LogP contribution in [0.25, 0.3) is 11.3 Å². The zero-order valence-corrected chi connectivity index (χ0v) is 15.2. The molecule has 128 valence electrons. The SMILES string of the molecule is CC1(C)Cc2cc(-c3csc(NNCc4ccccc4)n3)ccc2O1. The predicted molar refractivity (Wildman–Crippen MR) is 103 cm³/mol. The Balaban J connectivity index is 1.42. The minimum Gasteiger partial charge on any atom is -0.487 e. The normalized spacial score (nSPS) is 14.8. The number of ether oxygens (including phenoxy) is 1. The van der Waals surface area contributed by atoms with E-state index in [1.807, 2.05) is 18.2 Å². The molecule has 4 nitrogen and oxygen atoms in total. The fourth-order valence-electron chi connectivity index (χ4n) is 3.05. The number of nitrogens with one attached hydrogen (secondary N) is 2. The van der Waals surface area contributed by atoms with E-state index >= 15 is 0 Å². The Morgan fingerprint density at radius 2 is 2.00 bits per heavy atom. The Hall–Kier alpha value is -2.37. The number of hydrogen-bond acceptors (Lipinski definition) is 5. The molecular weight excluding hydrogens is 330 g/mol. The van der Waals surface area contributed by atoms with Crippen molar-refractivity contribution >= 4 is 16.5 Å². The largest absolute Gasteiger partial charge is 0.487 e. The van der Waals surface area contributed by atoms with Gasteiger partial charge in [-0.1, -0.05) is 30.3 Å². The average Bonchev–Trinajstić information content (AvgIpc) is 3.17. The number of hydrogen-bond donors (Lipinski definition) is 2. The van der Waals surface area contributed by atoms with Crippen LogP contribution in [0.2, 0.25) is 0 Å². The summed E-state index contributed by atoms with van der Waals surface area (Å²) in [6.07, 6.45) is 0.935. The van der Waals surface area contributed by atoms with Gasteiger partial charge in [0.2, 0.25) is 0 Å². The quantitative estimate of drug-likeness (QED) is 0.657. The molecule has 0 radical (unpaired) electrons. The van der Waals surface area contributed by atoms with Gasteiger partial charge < -0.3 is 4.74 Å². The summed E-state index contributed by atoms with van der Waals surface area (Å²) in [7, 11) is 0. The van der Waals surface area contributed by atoms with E-state index in [0.29, 0.717) is 0 Å². The van der Waals surface area contributed by atoms with Gasteiger partial charge in [-0.25, -0.2) is 10.4 Å². The lowest BCUT2D eigenvalue weighted by molar-refractivity contribution is 0.138. The summed E-state index contributed by atoms with van der Waals surface area (Å²) in [5.74, 6) is 0.992. The topological polar surface area (TPSA) is 46.2 Å². The molecule has 0 bridgehead atoms. The first-order chi connectivity index (χ1) is 12.1. The lowest BCUT2D eigenvalue weighted by Crippen LogP contribution is -2.24. The fraction of sp³-hybridized carbons (Fsp3) is 0.250. The number of nitrogens with zero attached hydrogens (tertiary/aromatic N) is 1. The van der Waals surface area contributed by atoms with Crippen LogP contribution in [0.4, 0.5) is 5.13 Å². The molecule has 2 aromatic carbocycles. The number of hydrazine groups is 1. The Kier molecular flexibility index (Phi) is 4.19. The van der Waals surface area contributed by atoms with Crippen LogP contribution in [0, 0.1) is 0 Å². The number of fused-ring (bicyclic) bond motifs is 1. The van der Waals surface area contributed by atoms with Crippen LogP contribution in [-0.4, -0.2) is 10.6 Å². The molecule has 2 N–H and O–H groups in total. The van der Waals surface area contributed by atoms with Crippen molar-refractivity contribution in [3.05, 3.63) is 65.0 Å². The molecule has 0 fully saturated rings. The van der Waals surface area contributed by atoms with Gasteiger partial charge in [0.15, 0.2) is 5.13 Å². The fourth-order valence-corrected chi connectivity index (χ4v) is 3.74. The second-order valence-corrected chi connectivity index (χ2v) is 7.72. The zero-order chi connectivity index (χ0) is 17.3. The first-order valence-electron chi connectivity index (χ1n) is 8.40. The molecule has 5 heteroatoms. The van der Waals surface area contributed by atoms with Crippen LogP contribution >= 0.6 is 11.3 Å². The highest BCUT2D eigenvalue weighted by Crippen LogP contribution is 2.37. The highest BCUT2D eigenvalue weighted by atomic mass is 32.1. The summed E-state index contributed by atoms with van der Waals surface area (Å²) in [5, 5.41) is 2.94. The van der Waals surface area contributed by atoms with E-state index in [2.05, 4.69) is 65.4 Å². The third-order valence-corrected chi connectivity index (χ3v) is 4.95. The molecule has 0 saturated heterocycles. The maximum Gasteiger partial charge on any atom is 0.197 e. The molecule has 2 heterocycles. The lowest BCUT2D eigenvalue weighted by atomic mass is 10.00. The van der Waals surface area contributed by atoms with Crippen LogP contribution < -0.4 is 15.6 Å². The first kappa shape index (κ1) is 16.1. The van der Waals surface area contributed by atoms with E-state index in [1.54, 1.807) is 11.3 Å². The van der Waals surface area contributed by atoms with Crippen molar-refractivity contribution in [3.8, 4) is 17.0 Å². The standard InChI is InChI=1S/C20H21N3OS/c1-20(2)11-16-10-15(8-9-18(16)24-20)17-13-25-19(22-17)23-21-12-14-6-4-3-5-7-14/h3-10,13,21H,11-12H2,1-2H3,(H,22,23). The molecule has 1 aliphatic heterocycles. The van der Waals surface area contributed by atoms with Crippen molar-refractivity contribution in [1.82, 2.24) is 10.4 Å². The van der Waals surface area contributed by atoms with Crippen molar-refractivity contribution < 1.29 is 4.74 Å². The zero-order valence-electron chi connectivity index (χ0n) is 14.4. The van der Waals surface area contributed by atoms with Gasteiger partial charge in [0.1, 0.15) is 11.4 Å². The molecule has 4 rings (SSSR count). The minimum atomic E-state index is -0.114. The summed E-state index contributed by atoms with van der Waals surface area (Å²) in [4.78, 5) is 4.68. The van der Waals surface area contributed by atoms with E-state index in [9.17, 15) is 0 Å². The Morgan fingerprint density at radius 3 is 2.84 bits per heavy atom. The highest BCUT2D eigenvalue weighted by molar-refractivity contribution is 7.14. The molecule has 1 aromatic heterocycles. The van der Waals surface area contributed by atoms with Gasteiger partial charge >= 0.3 is 0 Å². The second kappa shape index (κ2) is 6.50. The van der Waals surface area contributed by atoms with E-state index in [0.717, 1.165) is 35.1 Å². The minimum absolute atomic E-state index is 0.114. The van der Waals surface area contributed by atoms with Crippen molar-refractivity contribution in [2.75, 3.05) is 5.43 Å². The number of rotatable bonds is 5. The average molecular weight is 351 g/mol. The number of anilines is 1. The molecule has 25 heavy (non-hydrogen) atoms. The van der Waals surface area contributed by atoms with Gasteiger partial charge in [-0.05, 0) is 43.2 Å². The second-order valence-electron chi connectivity index (χ2n) is 6.86. The maximum absolute atomic E-state index is 5.95. The Bertz CT molecular complexity index is 874. The third kappa shape index (κ3) is 3.67. The Labute approximate surface area is 151 Å². The number of aromatic nitrogens is 1. The predicted octanol–water partition coefficient (Wildman–Crippen LogP) is 4.64. The summed E-state index contributed by atoms with van der Waals surface area (Å²) in [5.41, 5.74) is 10.9. The van der Waals surface area contributed by atoms with E-state index < -0.39 is 0 Å². The van der Waals surface area contributed by atoms with Gasteiger partial charge in [0.05, 0.1) is 5.69 Å². The van der Waals surface area contributed by atoms with E-state index in [-0.39, 0.29) is 5.60 Å². The van der Waals surface area contributed by atoms with Gasteiger partial charge in [-0.2, -0.15) is 0 Å². The molecule has 0 amide bonds. The summed E-state index contributed by atoms with van der Waals surface area (Å²) in [6, 6.07) is 16.6. The third-order valence-electron chi connectivity index (χ3n) is 4.19. The van der Waals surface area contributed by atoms with Crippen molar-refractivity contribution in [3.63, 3.8) is 0 Å². The molecule has 0 unspecified atom stereocenters. The van der Waals surface area contributed by atoms with Crippen LogP contribution in [0.5, 0.6) is 5.75 Å². The van der Waals surface area contributed by atoms with Crippen LogP contribution in [0.1, 0.15) is 25.0 Å². The molecule has 0 aliphatic carbocycles. The monoisotopic (exact) mass is 351 g/mol. The van der Waals surface area contributed by atoms with Gasteiger partial charge in [-0.3, -0.25) is 5.43 Å². The van der Waals surface area contributed by atoms with Crippen LogP contribution in [-0.2, 0) is 13.0 Å². The number of thiazole rings is 1. The molecule has 0 spiro atoms. The molecule has 1 aliphatic rings. The molecule has 0 atom stereocenters. The summed E-state index contributed by atoms with van der Waals surface area (Å²) in [6.45, 7) is 4.99. The van der Waals surface area contributed by atoms with Gasteiger partial charge in [0.25, 0.3) is 0 Å². The smallest absolute Gasteiger partial charge is 0.197 e.